The third kappa shape index (κ3) is 67.0. The van der Waals surface area contributed by atoms with Crippen LogP contribution in [0, 0.1) is 0 Å². The van der Waals surface area contributed by atoms with E-state index in [1.807, 2.05) is 6.08 Å². The zero-order valence-electron chi connectivity index (χ0n) is 53.5. The Balaban J connectivity index is 4.27. The van der Waals surface area contributed by atoms with Gasteiger partial charge in [-0.05, 0) is 83.5 Å². The first kappa shape index (κ1) is 77.3. The summed E-state index contributed by atoms with van der Waals surface area (Å²) >= 11 is 0. The van der Waals surface area contributed by atoms with Gasteiger partial charge in [0.05, 0.1) is 6.42 Å². The number of ether oxygens (including phenoxy) is 3. The van der Waals surface area contributed by atoms with Crippen molar-refractivity contribution in [3.8, 4) is 0 Å². The van der Waals surface area contributed by atoms with E-state index in [1.54, 1.807) is 6.08 Å². The van der Waals surface area contributed by atoms with E-state index < -0.39 is 12.1 Å². The lowest BCUT2D eigenvalue weighted by atomic mass is 10.0. The molecule has 0 spiro atoms. The second-order valence-corrected chi connectivity index (χ2v) is 23.1. The van der Waals surface area contributed by atoms with Crippen LogP contribution >= 0.6 is 0 Å². The smallest absolute Gasteiger partial charge is 0.309 e. The molecule has 1 unspecified atom stereocenters. The minimum atomic E-state index is -0.817. The zero-order valence-corrected chi connectivity index (χ0v) is 53.5. The van der Waals surface area contributed by atoms with Crippen LogP contribution < -0.4 is 0 Å². The molecule has 0 radical (unpaired) electrons. The van der Waals surface area contributed by atoms with Gasteiger partial charge in [0.1, 0.15) is 13.2 Å². The molecular formula is C75H130O6. The van der Waals surface area contributed by atoms with E-state index in [1.165, 1.54) is 218 Å². The summed E-state index contributed by atoms with van der Waals surface area (Å²) < 4.78 is 16.9. The van der Waals surface area contributed by atoms with Crippen molar-refractivity contribution in [1.29, 1.82) is 0 Å². The first-order valence-electron chi connectivity index (χ1n) is 34.7. The van der Waals surface area contributed by atoms with E-state index >= 15 is 0 Å². The van der Waals surface area contributed by atoms with E-state index in [0.717, 1.165) is 83.5 Å². The molecule has 0 amide bonds. The molecule has 0 saturated heterocycles. The molecule has 0 rings (SSSR count). The average molecular weight is 1130 g/mol. The van der Waals surface area contributed by atoms with Crippen molar-refractivity contribution in [2.75, 3.05) is 13.2 Å². The quantitative estimate of drug-likeness (QED) is 0.0261. The highest BCUT2D eigenvalue weighted by atomic mass is 16.6. The molecule has 0 fully saturated rings. The molecule has 0 N–H and O–H groups in total. The van der Waals surface area contributed by atoms with Crippen molar-refractivity contribution in [1.82, 2.24) is 0 Å². The van der Waals surface area contributed by atoms with Gasteiger partial charge in [-0.25, -0.2) is 0 Å². The van der Waals surface area contributed by atoms with Crippen LogP contribution in [0.3, 0.4) is 0 Å². The molecule has 0 aromatic carbocycles. The Bertz CT molecular complexity index is 1580. The highest BCUT2D eigenvalue weighted by Gasteiger charge is 2.19. The fraction of sp³-hybridized carbons (Fsp3) is 0.747. The largest absolute Gasteiger partial charge is 0.462 e. The molecule has 0 aliphatic rings. The summed E-state index contributed by atoms with van der Waals surface area (Å²) in [6, 6.07) is 0. The highest BCUT2D eigenvalue weighted by molar-refractivity contribution is 5.72. The van der Waals surface area contributed by atoms with E-state index in [-0.39, 0.29) is 31.6 Å². The molecule has 0 aromatic rings. The van der Waals surface area contributed by atoms with Crippen molar-refractivity contribution in [2.45, 2.75) is 348 Å². The topological polar surface area (TPSA) is 78.9 Å². The SMILES string of the molecule is CC/C=C\C/C=C\C/C=C\C/C=C\C/C=C\CC(=O)OCC(COC(=O)CCCCCCCCCCCCCCCCCC/C=C\C/C=C\C/C=C\CCCCCCC)OC(=O)CCCCCCCCCCCCCCCCCCC. The number of rotatable bonds is 63. The van der Waals surface area contributed by atoms with Crippen molar-refractivity contribution >= 4 is 17.9 Å². The van der Waals surface area contributed by atoms with Gasteiger partial charge in [-0.1, -0.05) is 336 Å². The van der Waals surface area contributed by atoms with Gasteiger partial charge < -0.3 is 14.2 Å². The standard InChI is InChI=1S/C75H130O6/c1-4-7-10-13-16-19-22-25-28-30-31-32-33-34-35-36-37-38-39-40-41-42-43-45-47-50-53-56-59-62-65-68-74(77)80-71-72(70-79-73(76)67-64-61-58-55-52-49-46-27-24-21-18-15-12-9-6-3)81-75(78)69-66-63-60-57-54-51-48-44-29-26-23-20-17-14-11-8-5-2/h9,12,18,21-22,25,27,30-31,33-34,46,52,55,61,64,72H,4-8,10-11,13-17,19-20,23-24,26,28-29,32,35-45,47-51,53-54,56-60,62-63,65-71H2,1-3H3/b12-9-,21-18-,25-22-,31-30-,34-33-,46-27-,55-52-,64-61-. The molecule has 0 heterocycles. The number of carbonyl (C=O) groups is 3. The van der Waals surface area contributed by atoms with Crippen molar-refractivity contribution < 1.29 is 28.6 Å². The Morgan fingerprint density at radius 1 is 0.272 bits per heavy atom. The summed E-state index contributed by atoms with van der Waals surface area (Å²) in [5, 5.41) is 0. The Labute approximate surface area is 502 Å². The first-order chi connectivity index (χ1) is 40.0. The lowest BCUT2D eigenvalue weighted by molar-refractivity contribution is -0.166. The van der Waals surface area contributed by atoms with Crippen molar-refractivity contribution in [2.24, 2.45) is 0 Å². The molecule has 6 nitrogen and oxygen atoms in total. The molecule has 0 aliphatic carbocycles. The second-order valence-electron chi connectivity index (χ2n) is 23.1. The minimum absolute atomic E-state index is 0.104. The van der Waals surface area contributed by atoms with Gasteiger partial charge in [0, 0.05) is 12.8 Å². The van der Waals surface area contributed by atoms with Crippen LogP contribution in [0.1, 0.15) is 342 Å². The van der Waals surface area contributed by atoms with Gasteiger partial charge in [0.15, 0.2) is 6.10 Å². The monoisotopic (exact) mass is 1130 g/mol. The molecule has 6 heteroatoms. The van der Waals surface area contributed by atoms with Crippen LogP contribution in [-0.4, -0.2) is 37.2 Å². The summed E-state index contributed by atoms with van der Waals surface area (Å²) in [5.74, 6) is -1.02. The Kier molecular flexibility index (Phi) is 65.7. The lowest BCUT2D eigenvalue weighted by Gasteiger charge is -2.18. The van der Waals surface area contributed by atoms with Gasteiger partial charge in [0.2, 0.25) is 0 Å². The minimum Gasteiger partial charge on any atom is -0.462 e. The van der Waals surface area contributed by atoms with E-state index in [4.69, 9.17) is 14.2 Å². The average Bonchev–Trinajstić information content (AvgIpc) is 3.47. The van der Waals surface area contributed by atoms with Crippen LogP contribution in [0.5, 0.6) is 0 Å². The summed E-state index contributed by atoms with van der Waals surface area (Å²) in [5.41, 5.74) is 0. The van der Waals surface area contributed by atoms with E-state index in [9.17, 15) is 14.4 Å². The normalized spacial score (nSPS) is 12.7. The first-order valence-corrected chi connectivity index (χ1v) is 34.7. The van der Waals surface area contributed by atoms with Crippen molar-refractivity contribution in [3.05, 3.63) is 97.2 Å². The molecule has 0 saturated carbocycles. The summed E-state index contributed by atoms with van der Waals surface area (Å²) in [6.45, 7) is 6.47. The molecule has 0 aliphatic heterocycles. The predicted octanol–water partition coefficient (Wildman–Crippen LogP) is 24.0. The summed E-state index contributed by atoms with van der Waals surface area (Å²) in [7, 11) is 0. The molecule has 0 bridgehead atoms. The molecule has 1 atom stereocenters. The molecule has 466 valence electrons. The Morgan fingerprint density at radius 3 is 0.864 bits per heavy atom. The number of hydrogen-bond acceptors (Lipinski definition) is 6. The maximum absolute atomic E-state index is 12.9. The van der Waals surface area contributed by atoms with E-state index in [0.29, 0.717) is 12.8 Å². The third-order valence-corrected chi connectivity index (χ3v) is 15.1. The van der Waals surface area contributed by atoms with Gasteiger partial charge in [-0.3, -0.25) is 14.4 Å². The summed E-state index contributed by atoms with van der Waals surface area (Å²) in [6.07, 6.45) is 93.2. The maximum Gasteiger partial charge on any atom is 0.309 e. The fourth-order valence-corrected chi connectivity index (χ4v) is 9.94. The Hall–Kier alpha value is -3.67. The summed E-state index contributed by atoms with van der Waals surface area (Å²) in [4.78, 5) is 38.3. The molecule has 0 aromatic heterocycles. The maximum atomic E-state index is 12.9. The van der Waals surface area contributed by atoms with Gasteiger partial charge in [-0.15, -0.1) is 0 Å². The van der Waals surface area contributed by atoms with Gasteiger partial charge >= 0.3 is 17.9 Å². The van der Waals surface area contributed by atoms with Gasteiger partial charge in [-0.2, -0.15) is 0 Å². The number of hydrogen-bond donors (Lipinski definition) is 0. The van der Waals surface area contributed by atoms with Crippen LogP contribution in [-0.2, 0) is 28.6 Å². The van der Waals surface area contributed by atoms with Crippen LogP contribution in [0.25, 0.3) is 0 Å². The molecular weight excluding hydrogens is 997 g/mol. The fourth-order valence-electron chi connectivity index (χ4n) is 9.94. The van der Waals surface area contributed by atoms with Crippen molar-refractivity contribution in [3.63, 3.8) is 0 Å². The number of carbonyl (C=O) groups excluding carboxylic acids is 3. The zero-order chi connectivity index (χ0) is 58.5. The van der Waals surface area contributed by atoms with Crippen LogP contribution in [0.2, 0.25) is 0 Å². The van der Waals surface area contributed by atoms with Gasteiger partial charge in [0.25, 0.3) is 0 Å². The Morgan fingerprint density at radius 2 is 0.531 bits per heavy atom. The van der Waals surface area contributed by atoms with Crippen LogP contribution in [0.4, 0.5) is 0 Å². The van der Waals surface area contributed by atoms with E-state index in [2.05, 4.69) is 106 Å². The number of unbranched alkanes of at least 4 members (excludes halogenated alkanes) is 37. The predicted molar refractivity (Wildman–Crippen MR) is 353 cm³/mol. The highest BCUT2D eigenvalue weighted by Crippen LogP contribution is 2.17. The number of allylic oxidation sites excluding steroid dienone is 15. The van der Waals surface area contributed by atoms with Crippen LogP contribution in [0.15, 0.2) is 97.2 Å². The lowest BCUT2D eigenvalue weighted by Crippen LogP contribution is -2.30. The third-order valence-electron chi connectivity index (χ3n) is 15.1. The number of esters is 3. The molecule has 81 heavy (non-hydrogen) atoms. The second kappa shape index (κ2) is 68.8.